The Balaban J connectivity index is 1.40. The van der Waals surface area contributed by atoms with Crippen molar-refractivity contribution in [1.82, 2.24) is 4.90 Å². The van der Waals surface area contributed by atoms with E-state index in [-0.39, 0.29) is 5.63 Å². The third-order valence-electron chi connectivity index (χ3n) is 5.77. The van der Waals surface area contributed by atoms with Crippen LogP contribution in [0.5, 0.6) is 5.75 Å². The lowest BCUT2D eigenvalue weighted by Crippen LogP contribution is -2.37. The zero-order chi connectivity index (χ0) is 19.5. The van der Waals surface area contributed by atoms with E-state index in [4.69, 9.17) is 9.15 Å². The second kappa shape index (κ2) is 8.19. The number of nitrogens with zero attached hydrogens (tertiary/aromatic N) is 1. The average Bonchev–Trinajstić information content (AvgIpc) is 2.71. The van der Waals surface area contributed by atoms with E-state index in [9.17, 15) is 4.79 Å². The Kier molecular flexibility index (Phi) is 5.49. The normalized spacial score (nSPS) is 17.7. The number of likely N-dealkylation sites (tertiary alicyclic amines) is 1. The average molecular weight is 377 g/mol. The first kappa shape index (κ1) is 18.8. The molecule has 2 heterocycles. The summed E-state index contributed by atoms with van der Waals surface area (Å²) in [5, 5.41) is 0.969. The zero-order valence-corrected chi connectivity index (χ0v) is 16.6. The van der Waals surface area contributed by atoms with Gasteiger partial charge in [0.1, 0.15) is 11.3 Å². The van der Waals surface area contributed by atoms with Gasteiger partial charge in [-0.25, -0.2) is 4.79 Å². The highest BCUT2D eigenvalue weighted by molar-refractivity contribution is 5.82. The van der Waals surface area contributed by atoms with Crippen LogP contribution in [-0.4, -0.2) is 24.6 Å². The quantitative estimate of drug-likeness (QED) is 0.605. The fourth-order valence-corrected chi connectivity index (χ4v) is 4.00. The predicted octanol–water partition coefficient (Wildman–Crippen LogP) is 4.70. The number of rotatable bonds is 5. The summed E-state index contributed by atoms with van der Waals surface area (Å²) in [5.41, 5.74) is 3.33. The van der Waals surface area contributed by atoms with E-state index in [2.05, 4.69) is 35.2 Å². The molecule has 0 radical (unpaired) electrons. The van der Waals surface area contributed by atoms with Gasteiger partial charge in [-0.05, 0) is 56.5 Å². The van der Waals surface area contributed by atoms with Crippen LogP contribution in [0.3, 0.4) is 0 Å². The highest BCUT2D eigenvalue weighted by atomic mass is 16.5. The molecule has 1 aliphatic rings. The summed E-state index contributed by atoms with van der Waals surface area (Å²) < 4.78 is 11.5. The molecule has 4 rings (SSSR count). The largest absolute Gasteiger partial charge is 0.493 e. The summed E-state index contributed by atoms with van der Waals surface area (Å²) in [7, 11) is 0. The lowest BCUT2D eigenvalue weighted by molar-refractivity contribution is 0.125. The molecule has 1 fully saturated rings. The molecule has 4 heteroatoms. The summed E-state index contributed by atoms with van der Waals surface area (Å²) in [4.78, 5) is 14.5. The van der Waals surface area contributed by atoms with Crippen LogP contribution in [0.2, 0.25) is 0 Å². The molecular formula is C24H27NO3. The van der Waals surface area contributed by atoms with Crippen molar-refractivity contribution in [1.29, 1.82) is 0 Å². The maximum atomic E-state index is 11.9. The Morgan fingerprint density at radius 3 is 2.75 bits per heavy atom. The van der Waals surface area contributed by atoms with Crippen molar-refractivity contribution in [2.24, 2.45) is 5.92 Å². The van der Waals surface area contributed by atoms with Gasteiger partial charge in [-0.15, -0.1) is 0 Å². The SMILES string of the molecule is Cc1c(C)c2ccc(OCC3CCCN(Cc4ccccc4)C3)cc2oc1=O. The summed E-state index contributed by atoms with van der Waals surface area (Å²) in [6, 6.07) is 16.4. The number of ether oxygens (including phenoxy) is 1. The number of fused-ring (bicyclic) bond motifs is 1. The number of piperidine rings is 1. The van der Waals surface area contributed by atoms with Crippen molar-refractivity contribution < 1.29 is 9.15 Å². The minimum absolute atomic E-state index is 0.272. The van der Waals surface area contributed by atoms with Crippen LogP contribution in [0.15, 0.2) is 57.7 Å². The summed E-state index contributed by atoms with van der Waals surface area (Å²) in [6.07, 6.45) is 2.39. The van der Waals surface area contributed by atoms with Crippen LogP contribution in [0.4, 0.5) is 0 Å². The van der Waals surface area contributed by atoms with Crippen molar-refractivity contribution in [3.63, 3.8) is 0 Å². The van der Waals surface area contributed by atoms with Crippen molar-refractivity contribution in [3.8, 4) is 5.75 Å². The standard InChI is InChI=1S/C24H27NO3/c1-17-18(2)24(26)28-23-13-21(10-11-22(17)23)27-16-20-9-6-12-25(15-20)14-19-7-4-3-5-8-19/h3-5,7-8,10-11,13,20H,6,9,12,14-16H2,1-2H3. The van der Waals surface area contributed by atoms with Crippen LogP contribution in [0.1, 0.15) is 29.5 Å². The molecule has 3 aromatic rings. The molecule has 0 saturated carbocycles. The van der Waals surface area contributed by atoms with Crippen molar-refractivity contribution in [3.05, 3.63) is 75.6 Å². The van der Waals surface area contributed by atoms with E-state index >= 15 is 0 Å². The van der Waals surface area contributed by atoms with Crippen LogP contribution in [0.25, 0.3) is 11.0 Å². The van der Waals surface area contributed by atoms with Crippen molar-refractivity contribution >= 4 is 11.0 Å². The Morgan fingerprint density at radius 2 is 1.93 bits per heavy atom. The molecule has 0 N–H and O–H groups in total. The van der Waals surface area contributed by atoms with Crippen molar-refractivity contribution in [2.75, 3.05) is 19.7 Å². The molecule has 0 aliphatic carbocycles. The minimum Gasteiger partial charge on any atom is -0.493 e. The number of hydrogen-bond donors (Lipinski definition) is 0. The smallest absolute Gasteiger partial charge is 0.339 e. The van der Waals surface area contributed by atoms with Gasteiger partial charge in [-0.2, -0.15) is 0 Å². The highest BCUT2D eigenvalue weighted by Crippen LogP contribution is 2.25. The van der Waals surface area contributed by atoms with E-state index in [0.717, 1.165) is 36.3 Å². The first-order valence-corrected chi connectivity index (χ1v) is 10.0. The number of benzene rings is 2. The maximum Gasteiger partial charge on any atom is 0.339 e. The summed E-state index contributed by atoms with van der Waals surface area (Å²) in [6.45, 7) is 7.64. The molecule has 1 atom stereocenters. The highest BCUT2D eigenvalue weighted by Gasteiger charge is 2.20. The van der Waals surface area contributed by atoms with Gasteiger partial charge in [-0.1, -0.05) is 30.3 Å². The summed E-state index contributed by atoms with van der Waals surface area (Å²) >= 11 is 0. The fraction of sp³-hybridized carbons (Fsp3) is 0.375. The molecule has 0 bridgehead atoms. The first-order valence-electron chi connectivity index (χ1n) is 10.0. The molecule has 1 unspecified atom stereocenters. The van der Waals surface area contributed by atoms with E-state index in [1.807, 2.05) is 25.1 Å². The topological polar surface area (TPSA) is 42.7 Å². The lowest BCUT2D eigenvalue weighted by atomic mass is 9.98. The monoisotopic (exact) mass is 377 g/mol. The number of hydrogen-bond acceptors (Lipinski definition) is 4. The van der Waals surface area contributed by atoms with E-state index in [1.54, 1.807) is 6.92 Å². The lowest BCUT2D eigenvalue weighted by Gasteiger charge is -2.32. The van der Waals surface area contributed by atoms with Crippen LogP contribution >= 0.6 is 0 Å². The predicted molar refractivity (Wildman–Crippen MR) is 112 cm³/mol. The van der Waals surface area contributed by atoms with Gasteiger partial charge in [0.2, 0.25) is 0 Å². The van der Waals surface area contributed by atoms with E-state index in [0.29, 0.717) is 23.7 Å². The zero-order valence-electron chi connectivity index (χ0n) is 16.6. The van der Waals surface area contributed by atoms with Gasteiger partial charge >= 0.3 is 5.63 Å². The minimum atomic E-state index is -0.272. The van der Waals surface area contributed by atoms with Crippen LogP contribution < -0.4 is 10.4 Å². The maximum absolute atomic E-state index is 11.9. The van der Waals surface area contributed by atoms with Crippen molar-refractivity contribution in [2.45, 2.75) is 33.2 Å². The Hall–Kier alpha value is -2.59. The molecule has 1 aliphatic heterocycles. The van der Waals surface area contributed by atoms with Gasteiger partial charge in [-0.3, -0.25) is 4.90 Å². The van der Waals surface area contributed by atoms with E-state index < -0.39 is 0 Å². The Bertz CT molecular complexity index is 1010. The van der Waals surface area contributed by atoms with Gasteiger partial charge < -0.3 is 9.15 Å². The molecule has 1 saturated heterocycles. The molecule has 2 aromatic carbocycles. The van der Waals surface area contributed by atoms with Gasteiger partial charge in [0.25, 0.3) is 0 Å². The Labute approximate surface area is 165 Å². The van der Waals surface area contributed by atoms with E-state index in [1.165, 1.54) is 18.4 Å². The van der Waals surface area contributed by atoms with Crippen LogP contribution in [0, 0.1) is 19.8 Å². The van der Waals surface area contributed by atoms with Crippen LogP contribution in [-0.2, 0) is 6.54 Å². The summed E-state index contributed by atoms with van der Waals surface area (Å²) in [5.74, 6) is 1.28. The molecule has 0 spiro atoms. The second-order valence-electron chi connectivity index (χ2n) is 7.84. The third-order valence-corrected chi connectivity index (χ3v) is 5.77. The van der Waals surface area contributed by atoms with Gasteiger partial charge in [0.05, 0.1) is 6.61 Å². The molecule has 146 valence electrons. The molecule has 0 amide bonds. The third kappa shape index (κ3) is 4.12. The second-order valence-corrected chi connectivity index (χ2v) is 7.84. The Morgan fingerprint density at radius 1 is 1.11 bits per heavy atom. The van der Waals surface area contributed by atoms with Gasteiger partial charge in [0, 0.05) is 36.0 Å². The first-order chi connectivity index (χ1) is 13.6. The molecule has 1 aromatic heterocycles. The molecule has 28 heavy (non-hydrogen) atoms. The number of aryl methyl sites for hydroxylation is 1. The molecular weight excluding hydrogens is 350 g/mol. The van der Waals surface area contributed by atoms with Gasteiger partial charge in [0.15, 0.2) is 0 Å². The fourth-order valence-electron chi connectivity index (χ4n) is 4.00. The molecule has 4 nitrogen and oxygen atoms in total.